The zero-order valence-corrected chi connectivity index (χ0v) is 35.2. The Morgan fingerprint density at radius 3 is 1.53 bits per heavy atom. The summed E-state index contributed by atoms with van der Waals surface area (Å²) >= 11 is 0. The molecule has 19 heteroatoms. The predicted octanol–water partition coefficient (Wildman–Crippen LogP) is -2.23. The highest BCUT2D eigenvalue weighted by Gasteiger charge is 2.44. The maximum absolute atomic E-state index is 13.3. The van der Waals surface area contributed by atoms with Crippen LogP contribution in [0.1, 0.15) is 92.4 Å². The third-order valence-electron chi connectivity index (χ3n) is 12.6. The topological polar surface area (TPSA) is 306 Å². The molecule has 12 N–H and O–H groups in total. The molecule has 1 heterocycles. The van der Waals surface area contributed by atoms with Crippen LogP contribution in [0.25, 0.3) is 0 Å². The van der Waals surface area contributed by atoms with Gasteiger partial charge in [-0.2, -0.15) is 0 Å². The van der Waals surface area contributed by atoms with E-state index in [4.69, 9.17) is 18.9 Å². The van der Waals surface area contributed by atoms with Crippen molar-refractivity contribution in [2.75, 3.05) is 39.9 Å². The average molecular weight is 852 g/mol. The van der Waals surface area contributed by atoms with Gasteiger partial charge in [0.2, 0.25) is 11.8 Å². The Kier molecular flexibility index (Phi) is 21.5. The fraction of sp³-hybridized carbons (Fsp3) is 0.925. The van der Waals surface area contributed by atoms with Gasteiger partial charge in [0.1, 0.15) is 31.5 Å². The first kappa shape index (κ1) is 51.4. The van der Waals surface area contributed by atoms with E-state index in [0.29, 0.717) is 12.8 Å². The van der Waals surface area contributed by atoms with Crippen molar-refractivity contribution in [3.8, 4) is 0 Å². The van der Waals surface area contributed by atoms with Crippen LogP contribution in [0.5, 0.6) is 0 Å². The molecule has 3 fully saturated rings. The third-order valence-corrected chi connectivity index (χ3v) is 12.6. The molecule has 0 bridgehead atoms. The second-order valence-electron chi connectivity index (χ2n) is 17.2. The first-order valence-corrected chi connectivity index (χ1v) is 21.1. The van der Waals surface area contributed by atoms with Gasteiger partial charge in [-0.25, -0.2) is 0 Å². The van der Waals surface area contributed by atoms with Crippen molar-refractivity contribution in [1.82, 2.24) is 16.0 Å². The number of aliphatic hydroxyl groups excluding tert-OH is 9. The Balaban J connectivity index is 1.62. The summed E-state index contributed by atoms with van der Waals surface area (Å²) in [6.45, 7) is 7.33. The molecule has 2 amide bonds. The van der Waals surface area contributed by atoms with Crippen LogP contribution in [0.4, 0.5) is 0 Å². The SMILES string of the molecule is CC(C)NC(CCC(=O)CCO[C@@H]1OC(CO)[C@H](O)[C@H](O)C1C)(CCC(=O)NCO[C@@H]1CC(CO)[C@H](O)[C@H](O)C1C)CCC(=O)NCO[C@@H]1CC(CO)[C@H](O)[C@H](O)C1C. The number of hydrogen-bond donors (Lipinski definition) is 12. The minimum Gasteiger partial charge on any atom is -0.396 e. The molecule has 6 unspecified atom stereocenters. The summed E-state index contributed by atoms with van der Waals surface area (Å²) in [7, 11) is 0. The lowest BCUT2D eigenvalue weighted by atomic mass is 9.77. The molecule has 1 saturated heterocycles. The van der Waals surface area contributed by atoms with Crippen LogP contribution < -0.4 is 16.0 Å². The fourth-order valence-corrected chi connectivity index (χ4v) is 8.48. The summed E-state index contributed by atoms with van der Waals surface area (Å²) in [5.74, 6) is -3.51. The highest BCUT2D eigenvalue weighted by molar-refractivity contribution is 5.79. The Labute approximate surface area is 347 Å². The molecule has 2 aliphatic carbocycles. The van der Waals surface area contributed by atoms with Gasteiger partial charge in [0.05, 0.1) is 55.9 Å². The van der Waals surface area contributed by atoms with Gasteiger partial charge in [0, 0.05) is 80.1 Å². The molecule has 344 valence electrons. The number of amides is 2. The summed E-state index contributed by atoms with van der Waals surface area (Å²) in [6.07, 6.45) is -8.44. The maximum Gasteiger partial charge on any atom is 0.221 e. The highest BCUT2D eigenvalue weighted by Crippen LogP contribution is 2.33. The van der Waals surface area contributed by atoms with Crippen molar-refractivity contribution in [2.24, 2.45) is 29.6 Å². The second kappa shape index (κ2) is 24.6. The van der Waals surface area contributed by atoms with Gasteiger partial charge < -0.3 is 80.9 Å². The number of hydrogen-bond acceptors (Lipinski definition) is 17. The number of Topliss-reactive ketones (excluding diaryl/α,β-unsaturated/α-hetero) is 1. The van der Waals surface area contributed by atoms with Gasteiger partial charge in [-0.3, -0.25) is 14.4 Å². The van der Waals surface area contributed by atoms with Crippen LogP contribution in [-0.2, 0) is 33.3 Å². The minimum absolute atomic E-state index is 0.00279. The van der Waals surface area contributed by atoms with Crippen LogP contribution in [0.15, 0.2) is 0 Å². The van der Waals surface area contributed by atoms with E-state index in [1.807, 2.05) is 13.8 Å². The zero-order valence-electron chi connectivity index (χ0n) is 35.2. The van der Waals surface area contributed by atoms with E-state index in [-0.39, 0.29) is 102 Å². The van der Waals surface area contributed by atoms with E-state index in [2.05, 4.69) is 16.0 Å². The Bertz CT molecular complexity index is 1140. The normalized spacial score (nSPS) is 36.2. The average Bonchev–Trinajstić information content (AvgIpc) is 3.21. The lowest BCUT2D eigenvalue weighted by Gasteiger charge is -2.40. The fourth-order valence-electron chi connectivity index (χ4n) is 8.48. The second-order valence-corrected chi connectivity index (χ2v) is 17.2. The molecule has 2 saturated carbocycles. The monoisotopic (exact) mass is 851 g/mol. The summed E-state index contributed by atoms with van der Waals surface area (Å²) in [4.78, 5) is 39.6. The molecule has 19 nitrogen and oxygen atoms in total. The van der Waals surface area contributed by atoms with Gasteiger partial charge in [-0.1, -0.05) is 34.6 Å². The lowest BCUT2D eigenvalue weighted by Crippen LogP contribution is -2.55. The number of aliphatic hydroxyl groups is 9. The van der Waals surface area contributed by atoms with E-state index in [1.54, 1.807) is 20.8 Å². The predicted molar refractivity (Wildman–Crippen MR) is 210 cm³/mol. The highest BCUT2D eigenvalue weighted by atomic mass is 16.7. The van der Waals surface area contributed by atoms with Crippen LogP contribution in [-0.4, -0.2) is 176 Å². The largest absolute Gasteiger partial charge is 0.396 e. The zero-order chi connectivity index (χ0) is 44.0. The number of rotatable bonds is 24. The van der Waals surface area contributed by atoms with Crippen molar-refractivity contribution in [3.63, 3.8) is 0 Å². The number of carbonyl (C=O) groups is 3. The molecule has 0 aromatic heterocycles. The van der Waals surface area contributed by atoms with Crippen molar-refractivity contribution >= 4 is 17.6 Å². The van der Waals surface area contributed by atoms with Crippen LogP contribution in [0, 0.1) is 29.6 Å². The molecule has 1 aliphatic heterocycles. The molecule has 3 aliphatic rings. The molecule has 0 aromatic rings. The first-order valence-electron chi connectivity index (χ1n) is 21.1. The summed E-state index contributed by atoms with van der Waals surface area (Å²) in [5.41, 5.74) is -0.865. The van der Waals surface area contributed by atoms with Gasteiger partial charge in [-0.15, -0.1) is 0 Å². The molecular formula is C40H73N3O16. The Morgan fingerprint density at radius 2 is 1.08 bits per heavy atom. The quantitative estimate of drug-likeness (QED) is 0.0458. The third kappa shape index (κ3) is 14.8. The van der Waals surface area contributed by atoms with Gasteiger partial charge in [0.15, 0.2) is 6.29 Å². The number of ketones is 1. The lowest BCUT2D eigenvalue weighted by molar-refractivity contribution is -0.282. The molecule has 59 heavy (non-hydrogen) atoms. The van der Waals surface area contributed by atoms with Crippen molar-refractivity contribution in [3.05, 3.63) is 0 Å². The first-order chi connectivity index (χ1) is 27.9. The summed E-state index contributed by atoms with van der Waals surface area (Å²) in [5, 5.41) is 99.5. The molecule has 0 radical (unpaired) electrons. The molecule has 0 aromatic carbocycles. The van der Waals surface area contributed by atoms with E-state index < -0.39 is 103 Å². The molecule has 0 spiro atoms. The molecule has 15 atom stereocenters. The van der Waals surface area contributed by atoms with Gasteiger partial charge >= 0.3 is 0 Å². The van der Waals surface area contributed by atoms with Crippen LogP contribution in [0.2, 0.25) is 0 Å². The number of ether oxygens (including phenoxy) is 4. The van der Waals surface area contributed by atoms with Crippen molar-refractivity contribution in [1.29, 1.82) is 0 Å². The van der Waals surface area contributed by atoms with Gasteiger partial charge in [-0.05, 0) is 32.1 Å². The summed E-state index contributed by atoms with van der Waals surface area (Å²) < 4.78 is 23.1. The Morgan fingerprint density at radius 1 is 0.627 bits per heavy atom. The van der Waals surface area contributed by atoms with Gasteiger partial charge in [0.25, 0.3) is 0 Å². The van der Waals surface area contributed by atoms with E-state index in [1.165, 1.54) is 0 Å². The number of carbonyl (C=O) groups excluding carboxylic acids is 3. The number of nitrogens with one attached hydrogen (secondary N) is 3. The van der Waals surface area contributed by atoms with Crippen LogP contribution in [0.3, 0.4) is 0 Å². The maximum atomic E-state index is 13.3. The van der Waals surface area contributed by atoms with Crippen molar-refractivity contribution < 1.29 is 79.3 Å². The molecule has 3 rings (SSSR count). The summed E-state index contributed by atoms with van der Waals surface area (Å²) in [6, 6.07) is -0.111. The Hall–Kier alpha value is -1.95. The standard InChI is InChI=1S/C40H73N3O16/c1-21(2)43-40(10-6-27(47)9-13-56-39-24(5)35(52)38(55)30(18-46)59-39,11-7-31(48)41-19-57-28-14-25(16-44)36(53)33(50)22(28)3)12-8-32(49)42-20-58-29-15-26(17-45)37(54)34(51)23(29)4/h21-26,28-30,33-39,43-46,50-55H,6-20H2,1-5H3,(H,41,48)(H,42,49)/t22?,23?,24?,25?,26?,28-,29-,30?,33-,34-,35-,36+,37+,38+,39-,40?/m1/s1. The van der Waals surface area contributed by atoms with E-state index in [0.717, 1.165) is 0 Å². The molecular weight excluding hydrogens is 778 g/mol. The van der Waals surface area contributed by atoms with Crippen molar-refractivity contribution in [2.45, 2.75) is 165 Å². The minimum atomic E-state index is -1.28. The van der Waals surface area contributed by atoms with E-state index in [9.17, 15) is 60.3 Å². The smallest absolute Gasteiger partial charge is 0.221 e. The van der Waals surface area contributed by atoms with E-state index >= 15 is 0 Å². The van der Waals surface area contributed by atoms with Crippen LogP contribution >= 0.6 is 0 Å².